The molecule has 0 radical (unpaired) electrons. The minimum Gasteiger partial charge on any atom is -0.489 e. The molecule has 3 rings (SSSR count). The summed E-state index contributed by atoms with van der Waals surface area (Å²) in [7, 11) is 0. The van der Waals surface area contributed by atoms with E-state index < -0.39 is 0 Å². The van der Waals surface area contributed by atoms with Crippen molar-refractivity contribution in [1.82, 2.24) is 10.6 Å². The van der Waals surface area contributed by atoms with Crippen molar-refractivity contribution in [2.24, 2.45) is 5.92 Å². The van der Waals surface area contributed by atoms with Crippen LogP contribution < -0.4 is 15.4 Å². The molecule has 0 aromatic heterocycles. The van der Waals surface area contributed by atoms with Crippen molar-refractivity contribution in [3.05, 3.63) is 65.7 Å². The van der Waals surface area contributed by atoms with Gasteiger partial charge in [-0.25, -0.2) is 0 Å². The second-order valence-corrected chi connectivity index (χ2v) is 6.03. The molecule has 1 aliphatic rings. The fraction of sp³-hybridized carbons (Fsp3) is 0.368. The molecular weight excluding hydrogens is 324 g/mol. The number of β-amino-alcohol motifs (C(OH)–C–C–N with tert-alkyl or cyclic N) is 1. The summed E-state index contributed by atoms with van der Waals surface area (Å²) in [5.41, 5.74) is 2.39. The summed E-state index contributed by atoms with van der Waals surface area (Å²) in [6, 6.07) is 18.3. The van der Waals surface area contributed by atoms with Gasteiger partial charge in [-0.05, 0) is 23.3 Å². The second-order valence-electron chi connectivity index (χ2n) is 6.03. The maximum absolute atomic E-state index is 9.76. The third kappa shape index (κ3) is 5.49. The highest BCUT2D eigenvalue weighted by Crippen LogP contribution is 2.14. The summed E-state index contributed by atoms with van der Waals surface area (Å²) < 4.78 is 5.79. The highest BCUT2D eigenvalue weighted by atomic mass is 35.5. The van der Waals surface area contributed by atoms with E-state index in [9.17, 15) is 5.11 Å². The highest BCUT2D eigenvalue weighted by Gasteiger charge is 2.23. The fourth-order valence-corrected chi connectivity index (χ4v) is 2.77. The van der Waals surface area contributed by atoms with Gasteiger partial charge in [0.05, 0.1) is 6.10 Å². The largest absolute Gasteiger partial charge is 0.489 e. The van der Waals surface area contributed by atoms with Crippen LogP contribution in [0, 0.1) is 5.92 Å². The molecule has 0 amide bonds. The third-order valence-corrected chi connectivity index (χ3v) is 4.21. The summed E-state index contributed by atoms with van der Waals surface area (Å²) in [6.45, 7) is 3.83. The molecule has 5 heteroatoms. The zero-order valence-corrected chi connectivity index (χ0v) is 14.5. The van der Waals surface area contributed by atoms with Crippen LogP contribution in [0.4, 0.5) is 0 Å². The molecule has 0 saturated carbocycles. The summed E-state index contributed by atoms with van der Waals surface area (Å²) in [6.07, 6.45) is -0.226. The number of halogens is 1. The number of rotatable bonds is 7. The number of nitrogens with one attached hydrogen (secondary N) is 2. The number of hydrogen-bond acceptors (Lipinski definition) is 4. The highest BCUT2D eigenvalue weighted by molar-refractivity contribution is 5.85. The molecule has 1 saturated heterocycles. The van der Waals surface area contributed by atoms with E-state index >= 15 is 0 Å². The lowest BCUT2D eigenvalue weighted by atomic mass is 10.1. The lowest BCUT2D eigenvalue weighted by molar-refractivity contribution is 0.146. The molecular formula is C19H25ClN2O2. The quantitative estimate of drug-likeness (QED) is 0.719. The summed E-state index contributed by atoms with van der Waals surface area (Å²) in [5, 5.41) is 16.4. The Morgan fingerprint density at radius 1 is 1.00 bits per heavy atom. The van der Waals surface area contributed by atoms with Crippen LogP contribution in [0.5, 0.6) is 5.75 Å². The van der Waals surface area contributed by atoms with Crippen LogP contribution in [0.1, 0.15) is 11.1 Å². The Hall–Kier alpha value is -1.59. The zero-order chi connectivity index (χ0) is 15.9. The number of hydrogen-bond donors (Lipinski definition) is 3. The van der Waals surface area contributed by atoms with Crippen LogP contribution in [0.2, 0.25) is 0 Å². The van der Waals surface area contributed by atoms with E-state index in [0.29, 0.717) is 19.1 Å². The van der Waals surface area contributed by atoms with Gasteiger partial charge in [0, 0.05) is 32.1 Å². The maximum atomic E-state index is 9.76. The van der Waals surface area contributed by atoms with Gasteiger partial charge in [0.25, 0.3) is 0 Å². The van der Waals surface area contributed by atoms with Gasteiger partial charge < -0.3 is 20.5 Å². The van der Waals surface area contributed by atoms with Crippen molar-refractivity contribution < 1.29 is 9.84 Å². The van der Waals surface area contributed by atoms with Gasteiger partial charge >= 0.3 is 0 Å². The van der Waals surface area contributed by atoms with Crippen molar-refractivity contribution in [2.45, 2.75) is 19.3 Å². The lowest BCUT2D eigenvalue weighted by Crippen LogP contribution is -2.30. The van der Waals surface area contributed by atoms with E-state index in [4.69, 9.17) is 4.74 Å². The molecule has 2 aromatic carbocycles. The first-order chi connectivity index (χ1) is 11.3. The second kappa shape index (κ2) is 9.64. The summed E-state index contributed by atoms with van der Waals surface area (Å²) in [4.78, 5) is 0. The SMILES string of the molecule is Cl.OC1CNCC1CNCc1ccc(OCc2ccccc2)cc1. The monoisotopic (exact) mass is 348 g/mol. The standard InChI is InChI=1S/C19H24N2O2.ClH/c22-19-13-21-12-17(19)11-20-10-15-6-8-18(9-7-15)23-14-16-4-2-1-3-5-16;/h1-9,17,19-22H,10-14H2;1H. The molecule has 2 aromatic rings. The first-order valence-electron chi connectivity index (χ1n) is 8.16. The molecule has 130 valence electrons. The van der Waals surface area contributed by atoms with Crippen molar-refractivity contribution in [2.75, 3.05) is 19.6 Å². The van der Waals surface area contributed by atoms with Gasteiger partial charge in [-0.15, -0.1) is 12.4 Å². The van der Waals surface area contributed by atoms with Gasteiger partial charge in [0.1, 0.15) is 12.4 Å². The molecule has 2 atom stereocenters. The van der Waals surface area contributed by atoms with Crippen LogP contribution >= 0.6 is 12.4 Å². The minimum absolute atomic E-state index is 0. The Bertz CT molecular complexity index is 592. The molecule has 3 N–H and O–H groups in total. The van der Waals surface area contributed by atoms with E-state index in [2.05, 4.69) is 34.9 Å². The fourth-order valence-electron chi connectivity index (χ4n) is 2.77. The van der Waals surface area contributed by atoms with Crippen LogP contribution in [0.25, 0.3) is 0 Å². The van der Waals surface area contributed by atoms with Crippen LogP contribution in [-0.4, -0.2) is 30.8 Å². The molecule has 1 fully saturated rings. The predicted molar refractivity (Wildman–Crippen MR) is 98.5 cm³/mol. The van der Waals surface area contributed by atoms with Crippen LogP contribution in [0.15, 0.2) is 54.6 Å². The number of aliphatic hydroxyl groups excluding tert-OH is 1. The van der Waals surface area contributed by atoms with Crippen LogP contribution in [-0.2, 0) is 13.2 Å². The lowest BCUT2D eigenvalue weighted by Gasteiger charge is -2.14. The van der Waals surface area contributed by atoms with Crippen molar-refractivity contribution in [1.29, 1.82) is 0 Å². The first-order valence-corrected chi connectivity index (χ1v) is 8.16. The summed E-state index contributed by atoms with van der Waals surface area (Å²) in [5.74, 6) is 1.19. The first kappa shape index (κ1) is 18.7. The third-order valence-electron chi connectivity index (χ3n) is 4.21. The average Bonchev–Trinajstić information content (AvgIpc) is 3.00. The van der Waals surface area contributed by atoms with E-state index in [1.54, 1.807) is 0 Å². The van der Waals surface area contributed by atoms with Crippen LogP contribution in [0.3, 0.4) is 0 Å². The Morgan fingerprint density at radius 2 is 1.75 bits per heavy atom. The number of ether oxygens (including phenoxy) is 1. The maximum Gasteiger partial charge on any atom is 0.119 e. The molecule has 0 bridgehead atoms. The zero-order valence-electron chi connectivity index (χ0n) is 13.7. The van der Waals surface area contributed by atoms with E-state index in [-0.39, 0.29) is 18.5 Å². The molecule has 4 nitrogen and oxygen atoms in total. The van der Waals surface area contributed by atoms with Crippen molar-refractivity contribution >= 4 is 12.4 Å². The summed E-state index contributed by atoms with van der Waals surface area (Å²) >= 11 is 0. The molecule has 1 aliphatic heterocycles. The van der Waals surface area contributed by atoms with Gasteiger partial charge in [-0.3, -0.25) is 0 Å². The average molecular weight is 349 g/mol. The number of aliphatic hydroxyl groups is 1. The van der Waals surface area contributed by atoms with Crippen molar-refractivity contribution in [3.63, 3.8) is 0 Å². The minimum atomic E-state index is -0.226. The number of benzene rings is 2. The normalized spacial score (nSPS) is 19.7. The smallest absolute Gasteiger partial charge is 0.119 e. The molecule has 1 heterocycles. The Labute approximate surface area is 149 Å². The molecule has 2 unspecified atom stereocenters. The van der Waals surface area contributed by atoms with Gasteiger partial charge in [-0.1, -0.05) is 42.5 Å². The van der Waals surface area contributed by atoms with E-state index in [0.717, 1.165) is 25.4 Å². The van der Waals surface area contributed by atoms with Gasteiger partial charge in [-0.2, -0.15) is 0 Å². The Kier molecular flexibility index (Phi) is 7.53. The molecule has 0 spiro atoms. The topological polar surface area (TPSA) is 53.5 Å². The van der Waals surface area contributed by atoms with Crippen molar-refractivity contribution in [3.8, 4) is 5.75 Å². The Morgan fingerprint density at radius 3 is 2.42 bits per heavy atom. The van der Waals surface area contributed by atoms with E-state index in [1.807, 2.05) is 30.3 Å². The van der Waals surface area contributed by atoms with Gasteiger partial charge in [0.15, 0.2) is 0 Å². The Balaban J connectivity index is 0.00000208. The van der Waals surface area contributed by atoms with E-state index in [1.165, 1.54) is 11.1 Å². The van der Waals surface area contributed by atoms with Gasteiger partial charge in [0.2, 0.25) is 0 Å². The predicted octanol–water partition coefficient (Wildman–Crippen LogP) is 2.36. The molecule has 24 heavy (non-hydrogen) atoms. The molecule has 0 aliphatic carbocycles.